The van der Waals surface area contributed by atoms with Crippen LogP contribution < -0.4 is 0 Å². The summed E-state index contributed by atoms with van der Waals surface area (Å²) < 4.78 is 5.43. The molecule has 0 aliphatic rings. The van der Waals surface area contributed by atoms with E-state index in [1.165, 1.54) is 9.75 Å². The lowest BCUT2D eigenvalue weighted by atomic mass is 10.2. The number of aryl methyl sites for hydroxylation is 1. The number of hydrogen-bond donors (Lipinski definition) is 1. The Hall–Kier alpha value is -1.10. The lowest BCUT2D eigenvalue weighted by molar-refractivity contribution is 0.0938. The first-order valence-electron chi connectivity index (χ1n) is 7.15. The first-order valence-corrected chi connectivity index (χ1v) is 7.97. The molecule has 1 N–H and O–H groups in total. The SMILES string of the molecule is CCCC(O)CN(Cc1ccco1)Cc1ccc(C)s1. The highest BCUT2D eigenvalue weighted by atomic mass is 32.1. The second-order valence-corrected chi connectivity index (χ2v) is 6.58. The van der Waals surface area contributed by atoms with Crippen LogP contribution in [0.3, 0.4) is 0 Å². The Morgan fingerprint density at radius 2 is 2.15 bits per heavy atom. The highest BCUT2D eigenvalue weighted by molar-refractivity contribution is 7.11. The Kier molecular flexibility index (Phi) is 5.83. The van der Waals surface area contributed by atoms with Gasteiger partial charge in [-0.3, -0.25) is 4.90 Å². The van der Waals surface area contributed by atoms with Gasteiger partial charge in [0.2, 0.25) is 0 Å². The zero-order valence-corrected chi connectivity index (χ0v) is 13.0. The van der Waals surface area contributed by atoms with Gasteiger partial charge in [0, 0.05) is 22.8 Å². The maximum Gasteiger partial charge on any atom is 0.117 e. The van der Waals surface area contributed by atoms with E-state index in [0.717, 1.165) is 31.7 Å². The quantitative estimate of drug-likeness (QED) is 0.804. The molecule has 2 aromatic rings. The molecule has 2 heterocycles. The average Bonchev–Trinajstić information content (AvgIpc) is 3.01. The van der Waals surface area contributed by atoms with Gasteiger partial charge >= 0.3 is 0 Å². The van der Waals surface area contributed by atoms with Gasteiger partial charge < -0.3 is 9.52 Å². The van der Waals surface area contributed by atoms with Crippen LogP contribution in [0.5, 0.6) is 0 Å². The van der Waals surface area contributed by atoms with Gasteiger partial charge in [-0.05, 0) is 37.6 Å². The highest BCUT2D eigenvalue weighted by Gasteiger charge is 2.14. The third-order valence-corrected chi connectivity index (χ3v) is 4.21. The molecule has 0 spiro atoms. The minimum atomic E-state index is -0.268. The normalized spacial score (nSPS) is 13.0. The molecular formula is C16H23NO2S. The van der Waals surface area contributed by atoms with E-state index in [2.05, 4.69) is 30.9 Å². The highest BCUT2D eigenvalue weighted by Crippen LogP contribution is 2.19. The molecule has 0 saturated heterocycles. The molecule has 1 atom stereocenters. The van der Waals surface area contributed by atoms with Gasteiger partial charge in [-0.15, -0.1) is 11.3 Å². The second-order valence-electron chi connectivity index (χ2n) is 5.20. The number of nitrogens with zero attached hydrogens (tertiary/aromatic N) is 1. The van der Waals surface area contributed by atoms with Gasteiger partial charge in [0.25, 0.3) is 0 Å². The molecule has 0 saturated carbocycles. The fourth-order valence-corrected chi connectivity index (χ4v) is 3.25. The molecule has 1 unspecified atom stereocenters. The molecule has 2 rings (SSSR count). The van der Waals surface area contributed by atoms with Crippen molar-refractivity contribution in [2.45, 2.75) is 45.9 Å². The van der Waals surface area contributed by atoms with Gasteiger partial charge in [-0.1, -0.05) is 13.3 Å². The topological polar surface area (TPSA) is 36.6 Å². The van der Waals surface area contributed by atoms with Crippen LogP contribution >= 0.6 is 11.3 Å². The van der Waals surface area contributed by atoms with Crippen molar-refractivity contribution in [1.29, 1.82) is 0 Å². The van der Waals surface area contributed by atoms with Gasteiger partial charge in [-0.2, -0.15) is 0 Å². The third kappa shape index (κ3) is 4.78. The summed E-state index contributed by atoms with van der Waals surface area (Å²) in [5, 5.41) is 10.1. The van der Waals surface area contributed by atoms with Crippen molar-refractivity contribution in [3.05, 3.63) is 46.0 Å². The molecule has 20 heavy (non-hydrogen) atoms. The summed E-state index contributed by atoms with van der Waals surface area (Å²) in [4.78, 5) is 4.91. The number of furan rings is 1. The smallest absolute Gasteiger partial charge is 0.117 e. The van der Waals surface area contributed by atoms with E-state index < -0.39 is 0 Å². The van der Waals surface area contributed by atoms with E-state index in [0.29, 0.717) is 6.54 Å². The van der Waals surface area contributed by atoms with Crippen LogP contribution in [0.2, 0.25) is 0 Å². The maximum atomic E-state index is 10.1. The first-order chi connectivity index (χ1) is 9.67. The number of aliphatic hydroxyl groups excluding tert-OH is 1. The predicted octanol–water partition coefficient (Wildman–Crippen LogP) is 3.81. The summed E-state index contributed by atoms with van der Waals surface area (Å²) in [5.74, 6) is 0.946. The Balaban J connectivity index is 1.98. The molecule has 0 aliphatic carbocycles. The molecule has 110 valence electrons. The van der Waals surface area contributed by atoms with Gasteiger partial charge in [0.15, 0.2) is 0 Å². The van der Waals surface area contributed by atoms with Crippen LogP contribution in [0.25, 0.3) is 0 Å². The summed E-state index contributed by atoms with van der Waals surface area (Å²) in [6, 6.07) is 8.21. The summed E-state index contributed by atoms with van der Waals surface area (Å²) in [5.41, 5.74) is 0. The first kappa shape index (κ1) is 15.3. The molecule has 0 aliphatic heterocycles. The minimum Gasteiger partial charge on any atom is -0.468 e. The largest absolute Gasteiger partial charge is 0.468 e. The molecule has 0 amide bonds. The Labute approximate surface area is 124 Å². The van der Waals surface area contributed by atoms with Crippen molar-refractivity contribution in [3.8, 4) is 0 Å². The molecule has 0 radical (unpaired) electrons. The van der Waals surface area contributed by atoms with Gasteiger partial charge in [-0.25, -0.2) is 0 Å². The fraction of sp³-hybridized carbons (Fsp3) is 0.500. The number of rotatable bonds is 8. The summed E-state index contributed by atoms with van der Waals surface area (Å²) >= 11 is 1.82. The second kappa shape index (κ2) is 7.62. The number of thiophene rings is 1. The molecule has 0 fully saturated rings. The van der Waals surface area contributed by atoms with Crippen LogP contribution in [0.4, 0.5) is 0 Å². The monoisotopic (exact) mass is 293 g/mol. The van der Waals surface area contributed by atoms with Crippen LogP contribution in [-0.2, 0) is 13.1 Å². The summed E-state index contributed by atoms with van der Waals surface area (Å²) in [6.45, 7) is 6.51. The van der Waals surface area contributed by atoms with Crippen LogP contribution in [-0.4, -0.2) is 22.7 Å². The summed E-state index contributed by atoms with van der Waals surface area (Å²) in [7, 11) is 0. The van der Waals surface area contributed by atoms with E-state index in [9.17, 15) is 5.11 Å². The lowest BCUT2D eigenvalue weighted by Crippen LogP contribution is -2.31. The number of hydrogen-bond acceptors (Lipinski definition) is 4. The van der Waals surface area contributed by atoms with Gasteiger partial charge in [0.1, 0.15) is 5.76 Å². The molecule has 0 aromatic carbocycles. The van der Waals surface area contributed by atoms with Crippen molar-refractivity contribution in [2.24, 2.45) is 0 Å². The zero-order valence-electron chi connectivity index (χ0n) is 12.2. The lowest BCUT2D eigenvalue weighted by Gasteiger charge is -2.23. The van der Waals surface area contributed by atoms with Crippen molar-refractivity contribution in [2.75, 3.05) is 6.54 Å². The molecule has 3 nitrogen and oxygen atoms in total. The van der Waals surface area contributed by atoms with Crippen molar-refractivity contribution in [1.82, 2.24) is 4.90 Å². The predicted molar refractivity (Wildman–Crippen MR) is 82.8 cm³/mol. The Morgan fingerprint density at radius 1 is 1.30 bits per heavy atom. The fourth-order valence-electron chi connectivity index (χ4n) is 2.32. The van der Waals surface area contributed by atoms with Crippen LogP contribution in [0.1, 0.15) is 35.3 Å². The third-order valence-electron chi connectivity index (χ3n) is 3.23. The van der Waals surface area contributed by atoms with E-state index in [1.807, 2.05) is 23.5 Å². The maximum absolute atomic E-state index is 10.1. The molecule has 0 bridgehead atoms. The van der Waals surface area contributed by atoms with Crippen molar-refractivity contribution >= 4 is 11.3 Å². The van der Waals surface area contributed by atoms with Crippen LogP contribution in [0.15, 0.2) is 34.9 Å². The molecule has 2 aromatic heterocycles. The standard InChI is InChI=1S/C16H23NO2S/c1-3-5-14(18)10-17(11-15-6-4-9-19-15)12-16-8-7-13(2)20-16/h4,6-9,14,18H,3,5,10-12H2,1-2H3. The van der Waals surface area contributed by atoms with Crippen molar-refractivity contribution < 1.29 is 9.52 Å². The van der Waals surface area contributed by atoms with E-state index >= 15 is 0 Å². The Morgan fingerprint density at radius 3 is 2.75 bits per heavy atom. The number of aliphatic hydroxyl groups is 1. The van der Waals surface area contributed by atoms with Gasteiger partial charge in [0.05, 0.1) is 18.9 Å². The minimum absolute atomic E-state index is 0.268. The summed E-state index contributed by atoms with van der Waals surface area (Å²) in [6.07, 6.45) is 3.29. The van der Waals surface area contributed by atoms with Crippen molar-refractivity contribution in [3.63, 3.8) is 0 Å². The van der Waals surface area contributed by atoms with E-state index in [1.54, 1.807) is 6.26 Å². The zero-order chi connectivity index (χ0) is 14.4. The van der Waals surface area contributed by atoms with E-state index in [4.69, 9.17) is 4.42 Å². The average molecular weight is 293 g/mol. The molecular weight excluding hydrogens is 270 g/mol. The molecule has 4 heteroatoms. The van der Waals surface area contributed by atoms with Crippen LogP contribution in [0, 0.1) is 6.92 Å². The van der Waals surface area contributed by atoms with E-state index in [-0.39, 0.29) is 6.10 Å². The Bertz CT molecular complexity index is 492.